The fraction of sp³-hybridized carbons (Fsp3) is 0.800. The van der Waals surface area contributed by atoms with Crippen LogP contribution in [0.1, 0.15) is 41.0 Å². The number of amides is 3. The van der Waals surface area contributed by atoms with Crippen molar-refractivity contribution in [3.8, 4) is 0 Å². The molecule has 120 valence electrons. The summed E-state index contributed by atoms with van der Waals surface area (Å²) < 4.78 is 0. The van der Waals surface area contributed by atoms with Gasteiger partial charge in [-0.1, -0.05) is 0 Å². The van der Waals surface area contributed by atoms with Crippen molar-refractivity contribution < 1.29 is 14.4 Å². The molecule has 0 spiro atoms. The number of carbonyl (C=O) groups is 3. The fourth-order valence-electron chi connectivity index (χ4n) is 2.54. The van der Waals surface area contributed by atoms with Gasteiger partial charge in [-0.15, -0.1) is 0 Å². The average molecular weight is 297 g/mol. The highest BCUT2D eigenvalue weighted by Crippen LogP contribution is 2.22. The average Bonchev–Trinajstić information content (AvgIpc) is 2.76. The predicted molar refractivity (Wildman–Crippen MR) is 80.5 cm³/mol. The normalized spacial score (nSPS) is 18.5. The minimum absolute atomic E-state index is 0.0195. The molecule has 0 aromatic heterocycles. The lowest BCUT2D eigenvalue weighted by Crippen LogP contribution is -2.45. The summed E-state index contributed by atoms with van der Waals surface area (Å²) in [6.45, 7) is 10.5. The summed E-state index contributed by atoms with van der Waals surface area (Å²) >= 11 is 0. The Balaban J connectivity index is 2.64. The lowest BCUT2D eigenvalue weighted by Gasteiger charge is -2.25. The molecule has 0 radical (unpaired) electrons. The van der Waals surface area contributed by atoms with Crippen molar-refractivity contribution in [3.63, 3.8) is 0 Å². The molecular formula is C15H27N3O3. The van der Waals surface area contributed by atoms with Crippen molar-refractivity contribution in [3.05, 3.63) is 0 Å². The van der Waals surface area contributed by atoms with Crippen LogP contribution >= 0.6 is 0 Å². The smallest absolute Gasteiger partial charge is 0.239 e. The molecule has 0 saturated carbocycles. The first kappa shape index (κ1) is 17.5. The van der Waals surface area contributed by atoms with Crippen LogP contribution in [0.3, 0.4) is 0 Å². The molecule has 1 aliphatic heterocycles. The van der Waals surface area contributed by atoms with Crippen molar-refractivity contribution in [2.45, 2.75) is 53.1 Å². The lowest BCUT2D eigenvalue weighted by atomic mass is 10.1. The minimum Gasteiger partial charge on any atom is -0.352 e. The molecule has 0 aliphatic carbocycles. The van der Waals surface area contributed by atoms with E-state index in [2.05, 4.69) is 5.32 Å². The third kappa shape index (κ3) is 4.72. The van der Waals surface area contributed by atoms with Crippen LogP contribution < -0.4 is 5.32 Å². The van der Waals surface area contributed by atoms with E-state index in [1.54, 1.807) is 4.90 Å². The highest BCUT2D eigenvalue weighted by Gasteiger charge is 2.37. The molecule has 0 unspecified atom stereocenters. The lowest BCUT2D eigenvalue weighted by molar-refractivity contribution is -0.139. The fourth-order valence-corrected chi connectivity index (χ4v) is 2.54. The molecule has 1 N–H and O–H groups in total. The third-order valence-electron chi connectivity index (χ3n) is 3.61. The summed E-state index contributed by atoms with van der Waals surface area (Å²) in [5, 5.41) is 2.78. The molecule has 21 heavy (non-hydrogen) atoms. The van der Waals surface area contributed by atoms with E-state index in [-0.39, 0.29) is 48.7 Å². The molecule has 3 amide bonds. The zero-order chi connectivity index (χ0) is 16.2. The molecule has 6 nitrogen and oxygen atoms in total. The highest BCUT2D eigenvalue weighted by atomic mass is 16.2. The monoisotopic (exact) mass is 297 g/mol. The number of carbonyl (C=O) groups excluding carboxylic acids is 3. The molecule has 1 aliphatic rings. The Morgan fingerprint density at radius 2 is 1.95 bits per heavy atom. The summed E-state index contributed by atoms with van der Waals surface area (Å²) in [6.07, 6.45) is 0.249. The van der Waals surface area contributed by atoms with Crippen LogP contribution in [0.4, 0.5) is 0 Å². The number of nitrogens with zero attached hydrogens (tertiary/aromatic N) is 2. The number of nitrogens with one attached hydrogen (secondary N) is 1. The molecule has 1 fully saturated rings. The number of hydrogen-bond acceptors (Lipinski definition) is 3. The number of rotatable bonds is 6. The second-order valence-electron chi connectivity index (χ2n) is 6.12. The van der Waals surface area contributed by atoms with E-state index in [1.807, 2.05) is 34.6 Å². The van der Waals surface area contributed by atoms with E-state index < -0.39 is 0 Å². The van der Waals surface area contributed by atoms with Crippen molar-refractivity contribution in [1.29, 1.82) is 0 Å². The second-order valence-corrected chi connectivity index (χ2v) is 6.12. The van der Waals surface area contributed by atoms with Gasteiger partial charge >= 0.3 is 0 Å². The van der Waals surface area contributed by atoms with Gasteiger partial charge in [-0.25, -0.2) is 0 Å². The van der Waals surface area contributed by atoms with Crippen LogP contribution in [0.15, 0.2) is 0 Å². The summed E-state index contributed by atoms with van der Waals surface area (Å²) in [6, 6.07) is 0.158. The maximum atomic E-state index is 12.5. The molecule has 1 heterocycles. The van der Waals surface area contributed by atoms with E-state index in [1.165, 1.54) is 4.90 Å². The van der Waals surface area contributed by atoms with Gasteiger partial charge in [-0.05, 0) is 34.6 Å². The molecule has 0 aromatic rings. The molecule has 0 aromatic carbocycles. The van der Waals surface area contributed by atoms with Crippen LogP contribution in [0.25, 0.3) is 0 Å². The topological polar surface area (TPSA) is 69.7 Å². The summed E-state index contributed by atoms with van der Waals surface area (Å²) in [7, 11) is 0. The first-order chi connectivity index (χ1) is 9.76. The Morgan fingerprint density at radius 3 is 2.38 bits per heavy atom. The van der Waals surface area contributed by atoms with Gasteiger partial charge in [0.15, 0.2) is 0 Å². The maximum Gasteiger partial charge on any atom is 0.239 e. The van der Waals surface area contributed by atoms with E-state index in [0.29, 0.717) is 13.1 Å². The van der Waals surface area contributed by atoms with Gasteiger partial charge in [0.05, 0.1) is 12.5 Å². The Hall–Kier alpha value is -1.59. The van der Waals surface area contributed by atoms with Gasteiger partial charge in [-0.3, -0.25) is 14.4 Å². The van der Waals surface area contributed by atoms with E-state index in [0.717, 1.165) is 0 Å². The van der Waals surface area contributed by atoms with Gasteiger partial charge in [-0.2, -0.15) is 0 Å². The van der Waals surface area contributed by atoms with Gasteiger partial charge < -0.3 is 15.1 Å². The molecule has 6 heteroatoms. The SMILES string of the molecule is CCN(CC(=O)NC(C)C)C(=O)[C@@H]1CC(=O)N(C(C)C)C1. The van der Waals surface area contributed by atoms with Crippen LogP contribution in [0.5, 0.6) is 0 Å². The Kier molecular flexibility index (Phi) is 6.18. The number of likely N-dealkylation sites (N-methyl/N-ethyl adjacent to an activating group) is 1. The van der Waals surface area contributed by atoms with Gasteiger partial charge in [0.25, 0.3) is 0 Å². The minimum atomic E-state index is -0.327. The highest BCUT2D eigenvalue weighted by molar-refractivity contribution is 5.91. The maximum absolute atomic E-state index is 12.5. The largest absolute Gasteiger partial charge is 0.352 e. The molecule has 1 atom stereocenters. The molecular weight excluding hydrogens is 270 g/mol. The second kappa shape index (κ2) is 7.43. The molecule has 1 rings (SSSR count). The Bertz CT molecular complexity index is 407. The van der Waals surface area contributed by atoms with Crippen molar-refractivity contribution in [1.82, 2.24) is 15.1 Å². The summed E-state index contributed by atoms with van der Waals surface area (Å²) in [5.41, 5.74) is 0. The van der Waals surface area contributed by atoms with E-state index in [9.17, 15) is 14.4 Å². The van der Waals surface area contributed by atoms with Crippen molar-refractivity contribution >= 4 is 17.7 Å². The van der Waals surface area contributed by atoms with E-state index in [4.69, 9.17) is 0 Å². The van der Waals surface area contributed by atoms with E-state index >= 15 is 0 Å². The molecule has 1 saturated heterocycles. The quantitative estimate of drug-likeness (QED) is 0.781. The van der Waals surface area contributed by atoms with Crippen molar-refractivity contribution in [2.24, 2.45) is 5.92 Å². The zero-order valence-corrected chi connectivity index (χ0v) is 13.7. The summed E-state index contributed by atoms with van der Waals surface area (Å²) in [4.78, 5) is 39.4. The number of likely N-dealkylation sites (tertiary alicyclic amines) is 1. The first-order valence-electron chi connectivity index (χ1n) is 7.63. The Labute approximate surface area is 126 Å². The standard InChI is InChI=1S/C15H27N3O3/c1-6-17(9-13(19)16-10(2)3)15(21)12-7-14(20)18(8-12)11(4)5/h10-12H,6-9H2,1-5H3,(H,16,19)/t12-/m1/s1. The van der Waals surface area contributed by atoms with Crippen LogP contribution in [-0.4, -0.2) is 59.2 Å². The molecule has 0 bridgehead atoms. The zero-order valence-electron chi connectivity index (χ0n) is 13.7. The van der Waals surface area contributed by atoms with Gasteiger partial charge in [0, 0.05) is 31.6 Å². The van der Waals surface area contributed by atoms with Gasteiger partial charge in [0.1, 0.15) is 0 Å². The first-order valence-corrected chi connectivity index (χ1v) is 7.63. The predicted octanol–water partition coefficient (Wildman–Crippen LogP) is 0.616. The van der Waals surface area contributed by atoms with Crippen LogP contribution in [-0.2, 0) is 14.4 Å². The van der Waals surface area contributed by atoms with Gasteiger partial charge in [0.2, 0.25) is 17.7 Å². The number of hydrogen-bond donors (Lipinski definition) is 1. The third-order valence-corrected chi connectivity index (χ3v) is 3.61. The summed E-state index contributed by atoms with van der Waals surface area (Å²) in [5.74, 6) is -0.573. The Morgan fingerprint density at radius 1 is 1.33 bits per heavy atom. The van der Waals surface area contributed by atoms with Crippen LogP contribution in [0, 0.1) is 5.92 Å². The van der Waals surface area contributed by atoms with Crippen LogP contribution in [0.2, 0.25) is 0 Å². The van der Waals surface area contributed by atoms with Crippen molar-refractivity contribution in [2.75, 3.05) is 19.6 Å².